The Bertz CT molecular complexity index is 1070. The van der Waals surface area contributed by atoms with Gasteiger partial charge in [-0.2, -0.15) is 5.10 Å². The molecule has 0 fully saturated rings. The van der Waals surface area contributed by atoms with Gasteiger partial charge in [0.2, 0.25) is 5.91 Å². The van der Waals surface area contributed by atoms with Crippen molar-refractivity contribution >= 4 is 11.6 Å². The van der Waals surface area contributed by atoms with E-state index in [2.05, 4.69) is 10.4 Å². The van der Waals surface area contributed by atoms with Crippen LogP contribution in [0.3, 0.4) is 0 Å². The molecule has 1 heterocycles. The Morgan fingerprint density at radius 2 is 1.70 bits per heavy atom. The number of nitrogens with zero attached hydrogens (tertiary/aromatic N) is 2. The number of carbonyl (C=O) groups excluding carboxylic acids is 1. The number of rotatable bonds is 11. The molecule has 0 atom stereocenters. The number of amides is 1. The van der Waals surface area contributed by atoms with E-state index >= 15 is 0 Å². The van der Waals surface area contributed by atoms with Crippen molar-refractivity contribution in [2.45, 2.75) is 40.3 Å². The normalized spacial score (nSPS) is 10.8. The highest BCUT2D eigenvalue weighted by Gasteiger charge is 2.17. The lowest BCUT2D eigenvalue weighted by Gasteiger charge is -2.13. The van der Waals surface area contributed by atoms with Gasteiger partial charge in [-0.1, -0.05) is 6.07 Å². The number of ether oxygens (including phenoxy) is 3. The number of anilines is 1. The zero-order valence-electron chi connectivity index (χ0n) is 18.8. The molecule has 3 rings (SSSR count). The van der Waals surface area contributed by atoms with Crippen molar-refractivity contribution in [1.82, 2.24) is 9.78 Å². The predicted octanol–water partition coefficient (Wildman–Crippen LogP) is 5.14. The second-order valence-corrected chi connectivity index (χ2v) is 7.18. The first-order valence-corrected chi connectivity index (χ1v) is 10.6. The van der Waals surface area contributed by atoms with Crippen molar-refractivity contribution in [2.24, 2.45) is 0 Å². The molecule has 0 aliphatic heterocycles. The van der Waals surface area contributed by atoms with Gasteiger partial charge in [-0.05, 0) is 68.8 Å². The number of nitrogens with one attached hydrogen (secondary N) is 1. The van der Waals surface area contributed by atoms with E-state index in [0.29, 0.717) is 48.5 Å². The molecule has 1 N–H and O–H groups in total. The maximum absolute atomic E-state index is 13.1. The number of hydrogen-bond acceptors (Lipinski definition) is 5. The van der Waals surface area contributed by atoms with Crippen LogP contribution in [-0.2, 0) is 17.9 Å². The minimum Gasteiger partial charge on any atom is -0.490 e. The van der Waals surface area contributed by atoms with Crippen LogP contribution in [-0.4, -0.2) is 28.9 Å². The molecule has 3 aromatic rings. The third-order valence-electron chi connectivity index (χ3n) is 4.60. The van der Waals surface area contributed by atoms with Crippen LogP contribution in [0.4, 0.5) is 14.5 Å². The zero-order valence-corrected chi connectivity index (χ0v) is 18.8. The summed E-state index contributed by atoms with van der Waals surface area (Å²) >= 11 is 0. The second-order valence-electron chi connectivity index (χ2n) is 7.18. The maximum Gasteiger partial charge on any atom is 0.280 e. The topological polar surface area (TPSA) is 74.6 Å². The summed E-state index contributed by atoms with van der Waals surface area (Å²) in [4.78, 5) is 12.3. The summed E-state index contributed by atoms with van der Waals surface area (Å²) in [7, 11) is 0. The highest BCUT2D eigenvalue weighted by atomic mass is 19.3. The molecule has 0 bridgehead atoms. The van der Waals surface area contributed by atoms with Crippen molar-refractivity contribution in [2.75, 3.05) is 18.5 Å². The second kappa shape index (κ2) is 11.3. The minimum atomic E-state index is -2.70. The summed E-state index contributed by atoms with van der Waals surface area (Å²) in [5.74, 6) is 1.52. The van der Waals surface area contributed by atoms with Crippen molar-refractivity contribution in [1.29, 1.82) is 0 Å². The van der Waals surface area contributed by atoms with Crippen molar-refractivity contribution in [3.05, 3.63) is 65.5 Å². The van der Waals surface area contributed by atoms with Gasteiger partial charge in [0.25, 0.3) is 6.43 Å². The molecule has 0 radical (unpaired) electrons. The van der Waals surface area contributed by atoms with Gasteiger partial charge in [-0.3, -0.25) is 9.48 Å². The molecule has 33 heavy (non-hydrogen) atoms. The average molecular weight is 459 g/mol. The molecule has 0 saturated heterocycles. The highest BCUT2D eigenvalue weighted by Crippen LogP contribution is 2.29. The quantitative estimate of drug-likeness (QED) is 0.430. The third-order valence-corrected chi connectivity index (χ3v) is 4.60. The Morgan fingerprint density at radius 3 is 2.36 bits per heavy atom. The first-order valence-electron chi connectivity index (χ1n) is 10.6. The monoisotopic (exact) mass is 459 g/mol. The van der Waals surface area contributed by atoms with Crippen LogP contribution in [0.1, 0.15) is 37.2 Å². The standard InChI is InChI=1S/C24H27F2N3O4/c1-4-31-21-11-6-17(13-22(21)32-5-2)15-33-19-9-7-18(8-10-19)27-23(30)14-29-20(24(25)26)12-16(3)28-29/h6-13,24H,4-5,14-15H2,1-3H3,(H,27,30). The fourth-order valence-corrected chi connectivity index (χ4v) is 3.19. The minimum absolute atomic E-state index is 0.284. The summed E-state index contributed by atoms with van der Waals surface area (Å²) in [6.07, 6.45) is -2.70. The molecule has 0 spiro atoms. The molecule has 1 amide bonds. The number of benzene rings is 2. The van der Waals surface area contributed by atoms with Crippen LogP contribution in [0.2, 0.25) is 0 Å². The van der Waals surface area contributed by atoms with Gasteiger partial charge in [0.15, 0.2) is 11.5 Å². The van der Waals surface area contributed by atoms with Crippen LogP contribution in [0.15, 0.2) is 48.5 Å². The number of aromatic nitrogens is 2. The molecular formula is C24H27F2N3O4. The number of halogens is 2. The Morgan fingerprint density at radius 1 is 1.00 bits per heavy atom. The largest absolute Gasteiger partial charge is 0.490 e. The number of alkyl halides is 2. The summed E-state index contributed by atoms with van der Waals surface area (Å²) in [6, 6.07) is 13.7. The third kappa shape index (κ3) is 6.68. The Kier molecular flexibility index (Phi) is 8.23. The van der Waals surface area contributed by atoms with Gasteiger partial charge in [-0.15, -0.1) is 0 Å². The molecule has 1 aromatic heterocycles. The first-order chi connectivity index (χ1) is 15.9. The van der Waals surface area contributed by atoms with Crippen LogP contribution >= 0.6 is 0 Å². The number of hydrogen-bond donors (Lipinski definition) is 1. The maximum atomic E-state index is 13.1. The summed E-state index contributed by atoms with van der Waals surface area (Å²) in [6.45, 7) is 6.53. The predicted molar refractivity (Wildman–Crippen MR) is 120 cm³/mol. The molecule has 7 nitrogen and oxygen atoms in total. The van der Waals surface area contributed by atoms with Gasteiger partial charge < -0.3 is 19.5 Å². The fourth-order valence-electron chi connectivity index (χ4n) is 3.19. The van der Waals surface area contributed by atoms with Crippen molar-refractivity contribution in [3.8, 4) is 17.2 Å². The molecule has 0 unspecified atom stereocenters. The summed E-state index contributed by atoms with van der Waals surface area (Å²) in [5, 5.41) is 6.63. The molecule has 0 aliphatic carbocycles. The van der Waals surface area contributed by atoms with Gasteiger partial charge in [-0.25, -0.2) is 8.78 Å². The van der Waals surface area contributed by atoms with E-state index in [0.717, 1.165) is 10.2 Å². The molecule has 176 valence electrons. The van der Waals surface area contributed by atoms with Crippen LogP contribution in [0.5, 0.6) is 17.2 Å². The SMILES string of the molecule is CCOc1ccc(COc2ccc(NC(=O)Cn3nc(C)cc3C(F)F)cc2)cc1OCC. The Balaban J connectivity index is 1.56. The molecule has 0 saturated carbocycles. The highest BCUT2D eigenvalue weighted by molar-refractivity contribution is 5.90. The lowest BCUT2D eigenvalue weighted by Crippen LogP contribution is -2.21. The van der Waals surface area contributed by atoms with E-state index in [4.69, 9.17) is 14.2 Å². The molecular weight excluding hydrogens is 432 g/mol. The van der Waals surface area contributed by atoms with Crippen molar-refractivity contribution < 1.29 is 27.8 Å². The number of aryl methyl sites for hydroxylation is 1. The van der Waals surface area contributed by atoms with E-state index < -0.39 is 12.3 Å². The molecule has 9 heteroatoms. The van der Waals surface area contributed by atoms with Crippen LogP contribution < -0.4 is 19.5 Å². The molecule has 2 aromatic carbocycles. The Labute approximate surface area is 191 Å². The van der Waals surface area contributed by atoms with Gasteiger partial charge in [0.05, 0.1) is 18.9 Å². The van der Waals surface area contributed by atoms with Gasteiger partial charge in [0.1, 0.15) is 24.6 Å². The Hall–Kier alpha value is -3.62. The number of carbonyl (C=O) groups is 1. The summed E-state index contributed by atoms with van der Waals surface area (Å²) < 4.78 is 44.1. The smallest absolute Gasteiger partial charge is 0.280 e. The summed E-state index contributed by atoms with van der Waals surface area (Å²) in [5.41, 5.74) is 1.59. The zero-order chi connectivity index (χ0) is 23.8. The molecule has 0 aliphatic rings. The van der Waals surface area contributed by atoms with Gasteiger partial charge in [0, 0.05) is 5.69 Å². The van der Waals surface area contributed by atoms with Crippen molar-refractivity contribution in [3.63, 3.8) is 0 Å². The van der Waals surface area contributed by atoms with E-state index in [1.54, 1.807) is 31.2 Å². The van der Waals surface area contributed by atoms with Gasteiger partial charge >= 0.3 is 0 Å². The first kappa shape index (κ1) is 24.0. The van der Waals surface area contributed by atoms with Crippen LogP contribution in [0.25, 0.3) is 0 Å². The van der Waals surface area contributed by atoms with E-state index in [9.17, 15) is 13.6 Å². The fraction of sp³-hybridized carbons (Fsp3) is 0.333. The average Bonchev–Trinajstić information content (AvgIpc) is 3.15. The lowest BCUT2D eigenvalue weighted by atomic mass is 10.2. The van der Waals surface area contributed by atoms with E-state index in [1.807, 2.05) is 32.0 Å². The van der Waals surface area contributed by atoms with E-state index in [-0.39, 0.29) is 12.2 Å². The van der Waals surface area contributed by atoms with E-state index in [1.165, 1.54) is 6.07 Å². The van der Waals surface area contributed by atoms with Crippen LogP contribution in [0, 0.1) is 6.92 Å². The lowest BCUT2D eigenvalue weighted by molar-refractivity contribution is -0.117.